The van der Waals surface area contributed by atoms with Gasteiger partial charge < -0.3 is 33.8 Å². The van der Waals surface area contributed by atoms with Gasteiger partial charge in [0.15, 0.2) is 0 Å². The Labute approximate surface area is 269 Å². The highest BCUT2D eigenvalue weighted by molar-refractivity contribution is 7.26. The van der Waals surface area contributed by atoms with Crippen LogP contribution in [0, 0.1) is 52.3 Å². The van der Waals surface area contributed by atoms with Gasteiger partial charge in [-0.05, 0) is 110 Å². The molecule has 7 nitrogen and oxygen atoms in total. The normalized spacial score (nSPS) is 44.0. The fourth-order valence-electron chi connectivity index (χ4n) is 10.2. The number of aliphatic hydroxyl groups excluding tert-OH is 3. The fraction of sp³-hybridized carbons (Fsp3) is 0.944. The summed E-state index contributed by atoms with van der Waals surface area (Å²) in [5, 5.41) is 34.4. The van der Waals surface area contributed by atoms with E-state index in [1.807, 2.05) is 7.11 Å². The van der Waals surface area contributed by atoms with Crippen molar-refractivity contribution in [1.29, 1.82) is 0 Å². The maximum Gasteiger partial charge on any atom is 0.215 e. The van der Waals surface area contributed by atoms with Crippen molar-refractivity contribution in [1.82, 2.24) is 0 Å². The number of methoxy groups -OCH3 is 2. The van der Waals surface area contributed by atoms with Crippen LogP contribution in [0.5, 0.6) is 0 Å². The zero-order valence-electron chi connectivity index (χ0n) is 28.8. The van der Waals surface area contributed by atoms with Crippen molar-refractivity contribution in [2.75, 3.05) is 14.2 Å². The van der Waals surface area contributed by atoms with Crippen LogP contribution in [0.1, 0.15) is 112 Å². The Bertz CT molecular complexity index is 988. The van der Waals surface area contributed by atoms with E-state index in [0.717, 1.165) is 82.0 Å². The van der Waals surface area contributed by atoms with E-state index in [0.29, 0.717) is 11.8 Å². The quantitative estimate of drug-likeness (QED) is 0.258. The largest absolute Gasteiger partial charge is 0.454 e. The molecule has 4 fully saturated rings. The molecule has 5 aliphatic rings. The van der Waals surface area contributed by atoms with E-state index >= 15 is 0 Å². The molecule has 0 aliphatic heterocycles. The summed E-state index contributed by atoms with van der Waals surface area (Å²) in [6, 6.07) is 0. The van der Waals surface area contributed by atoms with Gasteiger partial charge in [-0.15, -0.1) is 0 Å². The summed E-state index contributed by atoms with van der Waals surface area (Å²) < 4.78 is 25.5. The molecule has 0 spiro atoms. The van der Waals surface area contributed by atoms with Gasteiger partial charge in [0.25, 0.3) is 0 Å². The lowest BCUT2D eigenvalue weighted by molar-refractivity contribution is -0.147. The topological polar surface area (TPSA) is 97.6 Å². The number of hydrogen-bond donors (Lipinski definition) is 3. The number of rotatable bonds is 7. The lowest BCUT2D eigenvalue weighted by atomic mass is 9.57. The molecule has 0 saturated heterocycles. The molecule has 0 heterocycles. The molecule has 4 saturated carbocycles. The second kappa shape index (κ2) is 14.1. The van der Waals surface area contributed by atoms with E-state index in [2.05, 4.69) is 41.5 Å². The van der Waals surface area contributed by atoms with Gasteiger partial charge in [-0.1, -0.05) is 48.0 Å². The molecular formula is C36H63O7P. The maximum absolute atomic E-state index is 12.0. The Morgan fingerprint density at radius 3 is 2.00 bits per heavy atom. The van der Waals surface area contributed by atoms with Gasteiger partial charge >= 0.3 is 0 Å². The van der Waals surface area contributed by atoms with Crippen LogP contribution in [0.4, 0.5) is 0 Å². The van der Waals surface area contributed by atoms with Gasteiger partial charge in [0.2, 0.25) is 9.03 Å². The number of allylic oxidation sites excluding steroid dienone is 1. The second-order valence-electron chi connectivity index (χ2n) is 17.2. The van der Waals surface area contributed by atoms with Crippen LogP contribution in [0.15, 0.2) is 11.3 Å². The van der Waals surface area contributed by atoms with Crippen LogP contribution in [0.2, 0.25) is 0 Å². The van der Waals surface area contributed by atoms with Crippen LogP contribution in [0.3, 0.4) is 0 Å². The summed E-state index contributed by atoms with van der Waals surface area (Å²) in [4.78, 5) is 0. The summed E-state index contributed by atoms with van der Waals surface area (Å²) in [7, 11) is 3.45. The van der Waals surface area contributed by atoms with Crippen LogP contribution < -0.4 is 0 Å². The number of ether oxygens (including phenoxy) is 2. The van der Waals surface area contributed by atoms with Crippen LogP contribution in [-0.2, 0) is 18.5 Å². The predicted molar refractivity (Wildman–Crippen MR) is 175 cm³/mol. The van der Waals surface area contributed by atoms with Crippen molar-refractivity contribution < 1.29 is 33.8 Å². The monoisotopic (exact) mass is 638 g/mol. The van der Waals surface area contributed by atoms with E-state index in [9.17, 15) is 15.3 Å². The third-order valence-electron chi connectivity index (χ3n) is 12.6. The molecule has 8 heteroatoms. The summed E-state index contributed by atoms with van der Waals surface area (Å²) >= 11 is 0. The molecule has 254 valence electrons. The highest BCUT2D eigenvalue weighted by atomic mass is 31.1. The van der Waals surface area contributed by atoms with Crippen molar-refractivity contribution in [3.63, 3.8) is 0 Å². The fourth-order valence-corrected chi connectivity index (χ4v) is 11.0. The molecule has 5 aliphatic carbocycles. The molecule has 0 radical (unpaired) electrons. The molecule has 3 N–H and O–H groups in total. The molecule has 14 atom stereocenters. The lowest BCUT2D eigenvalue weighted by Gasteiger charge is -2.53. The number of aliphatic hydroxyl groups is 3. The van der Waals surface area contributed by atoms with E-state index in [1.165, 1.54) is 0 Å². The molecule has 44 heavy (non-hydrogen) atoms. The molecule has 0 aromatic rings. The third kappa shape index (κ3) is 7.25. The summed E-state index contributed by atoms with van der Waals surface area (Å²) in [6.07, 6.45) is 9.08. The van der Waals surface area contributed by atoms with Gasteiger partial charge in [0, 0.05) is 26.6 Å². The molecule has 0 aromatic carbocycles. The molecule has 14 unspecified atom stereocenters. The van der Waals surface area contributed by atoms with E-state index in [-0.39, 0.29) is 67.8 Å². The Morgan fingerprint density at radius 1 is 0.727 bits per heavy atom. The lowest BCUT2D eigenvalue weighted by Crippen LogP contribution is -2.55. The first-order chi connectivity index (χ1) is 20.7. The Kier molecular flexibility index (Phi) is 11.2. The second-order valence-corrected chi connectivity index (χ2v) is 17.8. The summed E-state index contributed by atoms with van der Waals surface area (Å²) in [5.74, 6) is 2.10. The van der Waals surface area contributed by atoms with Crippen molar-refractivity contribution in [3.8, 4) is 0 Å². The minimum Gasteiger partial charge on any atom is -0.454 e. The molecular weight excluding hydrogens is 575 g/mol. The van der Waals surface area contributed by atoms with Gasteiger partial charge in [-0.2, -0.15) is 0 Å². The van der Waals surface area contributed by atoms with Crippen LogP contribution >= 0.6 is 9.03 Å². The molecule has 0 aromatic heterocycles. The van der Waals surface area contributed by atoms with Crippen molar-refractivity contribution in [2.24, 2.45) is 52.3 Å². The van der Waals surface area contributed by atoms with Gasteiger partial charge in [-0.3, -0.25) is 0 Å². The van der Waals surface area contributed by atoms with E-state index in [1.54, 1.807) is 7.11 Å². The zero-order chi connectivity index (χ0) is 32.0. The predicted octanol–water partition coefficient (Wildman–Crippen LogP) is 7.03. The summed E-state index contributed by atoms with van der Waals surface area (Å²) in [5.41, 5.74) is 0.990. The standard InChI is InChI=1S/C36H63O7P/c1-35(2,3)26-18-22(40-7)16-24(32(26)38)25-17-23(41-8)19-27(36(4,5)6)34(25)43-44-42-29-14-10-12-21-15-20-11-9-13-28(37)30(20)33(39)31(21)29/h20-28,30,32-34,37-39,44H,9-19H2,1-8H3. The molecule has 0 amide bonds. The van der Waals surface area contributed by atoms with Gasteiger partial charge in [0.05, 0.1) is 36.6 Å². The van der Waals surface area contributed by atoms with Gasteiger partial charge in [-0.25, -0.2) is 0 Å². The van der Waals surface area contributed by atoms with Crippen molar-refractivity contribution in [3.05, 3.63) is 11.3 Å². The van der Waals surface area contributed by atoms with Gasteiger partial charge in [0.1, 0.15) is 5.76 Å². The highest BCUT2D eigenvalue weighted by Crippen LogP contribution is 2.54. The Morgan fingerprint density at radius 2 is 1.36 bits per heavy atom. The van der Waals surface area contributed by atoms with Crippen molar-refractivity contribution in [2.45, 2.75) is 149 Å². The number of fused-ring (bicyclic) bond motifs is 2. The van der Waals surface area contributed by atoms with Crippen LogP contribution in [-0.4, -0.2) is 66.2 Å². The minimum atomic E-state index is -0.626. The average Bonchev–Trinajstić information content (AvgIpc) is 2.96. The first kappa shape index (κ1) is 35.0. The SMILES string of the molecule is COC1CC(C2CC(OC)CC(C(C)(C)C)C2OPOC2=C3C(CCC2)CC2CCCC(O)C2C3O)C(O)C(C(C)(C)C)C1. The first-order valence-electron chi connectivity index (χ1n) is 17.6. The minimum absolute atomic E-state index is 0.0160. The molecule has 5 rings (SSSR count). The highest BCUT2D eigenvalue weighted by Gasteiger charge is 2.53. The third-order valence-corrected chi connectivity index (χ3v) is 13.3. The molecule has 0 bridgehead atoms. The average molecular weight is 639 g/mol. The number of hydrogen-bond acceptors (Lipinski definition) is 7. The van der Waals surface area contributed by atoms with E-state index < -0.39 is 18.3 Å². The van der Waals surface area contributed by atoms with Crippen molar-refractivity contribution >= 4 is 9.03 Å². The summed E-state index contributed by atoms with van der Waals surface area (Å²) in [6.45, 7) is 13.6. The Hall–Kier alpha value is -0.270. The maximum atomic E-state index is 12.0. The van der Waals surface area contributed by atoms with E-state index in [4.69, 9.17) is 18.5 Å². The smallest absolute Gasteiger partial charge is 0.215 e. The zero-order valence-corrected chi connectivity index (χ0v) is 29.8. The first-order valence-corrected chi connectivity index (χ1v) is 18.5. The Balaban J connectivity index is 1.39. The van der Waals surface area contributed by atoms with Crippen LogP contribution in [0.25, 0.3) is 0 Å².